The summed E-state index contributed by atoms with van der Waals surface area (Å²) >= 11 is 0. The zero-order chi connectivity index (χ0) is 20.5. The highest BCUT2D eigenvalue weighted by Crippen LogP contribution is 2.33. The Kier molecular flexibility index (Phi) is 5.71. The van der Waals surface area contributed by atoms with E-state index in [1.165, 1.54) is 0 Å². The van der Waals surface area contributed by atoms with Gasteiger partial charge in [-0.05, 0) is 53.1 Å². The van der Waals surface area contributed by atoms with Crippen LogP contribution in [0.1, 0.15) is 5.56 Å². The maximum absolute atomic E-state index is 6.21. The van der Waals surface area contributed by atoms with Crippen molar-refractivity contribution in [3.05, 3.63) is 96.7 Å². The highest BCUT2D eigenvalue weighted by atomic mass is 35.5. The van der Waals surface area contributed by atoms with Gasteiger partial charge in [0.1, 0.15) is 11.6 Å². The number of rotatable bonds is 4. The number of nitrogens with zero attached hydrogens (tertiary/aromatic N) is 3. The predicted octanol–water partition coefficient (Wildman–Crippen LogP) is 5.22. The number of hydrogen-bond acceptors (Lipinski definition) is 4. The molecular weight excluding hydrogens is 406 g/mol. The Morgan fingerprint density at radius 3 is 2.29 bits per heavy atom. The molecule has 0 saturated carbocycles. The second-order valence-electron chi connectivity index (χ2n) is 7.15. The molecule has 0 aliphatic carbocycles. The highest BCUT2D eigenvalue weighted by molar-refractivity contribution is 5.88. The van der Waals surface area contributed by atoms with Crippen LogP contribution in [0.5, 0.6) is 0 Å². The summed E-state index contributed by atoms with van der Waals surface area (Å²) in [4.78, 5) is 9.18. The molecule has 3 aromatic carbocycles. The minimum atomic E-state index is 0. The van der Waals surface area contributed by atoms with Crippen molar-refractivity contribution in [2.45, 2.75) is 6.54 Å². The van der Waals surface area contributed by atoms with Gasteiger partial charge in [-0.3, -0.25) is 4.57 Å². The van der Waals surface area contributed by atoms with Crippen LogP contribution < -0.4 is 11.5 Å². The molecule has 154 valence electrons. The number of benzene rings is 3. The van der Waals surface area contributed by atoms with Crippen LogP contribution in [0.25, 0.3) is 39.2 Å². The minimum Gasteiger partial charge on any atom is -0.383 e. The predicted molar refractivity (Wildman–Crippen MR) is 129 cm³/mol. The fourth-order valence-electron chi connectivity index (χ4n) is 3.72. The van der Waals surface area contributed by atoms with Crippen LogP contribution in [-0.4, -0.2) is 14.5 Å². The van der Waals surface area contributed by atoms with Gasteiger partial charge in [0.15, 0.2) is 0 Å². The fourth-order valence-corrected chi connectivity index (χ4v) is 3.72. The van der Waals surface area contributed by atoms with Gasteiger partial charge in [0.25, 0.3) is 0 Å². The van der Waals surface area contributed by atoms with E-state index in [0.29, 0.717) is 12.4 Å². The molecule has 0 radical (unpaired) electrons. The third-order valence-electron chi connectivity index (χ3n) is 5.27. The molecule has 2 heterocycles. The first-order valence-electron chi connectivity index (χ1n) is 9.83. The van der Waals surface area contributed by atoms with Crippen molar-refractivity contribution in [1.29, 1.82) is 0 Å². The molecule has 0 bridgehead atoms. The van der Waals surface area contributed by atoms with Crippen LogP contribution in [0.2, 0.25) is 0 Å². The Balaban J connectivity index is 0.00000231. The number of hydrogen-bond donors (Lipinski definition) is 2. The SMILES string of the molecule is Cl.NCc1ccc(-n2c(-c3cccnc3N)nc3ccc(-c4ccccc4)cc32)cc1. The zero-order valence-corrected chi connectivity index (χ0v) is 17.6. The number of nitrogen functional groups attached to an aromatic ring is 1. The lowest BCUT2D eigenvalue weighted by atomic mass is 10.1. The maximum Gasteiger partial charge on any atom is 0.149 e. The molecule has 2 aromatic heterocycles. The van der Waals surface area contributed by atoms with Crippen molar-refractivity contribution in [2.24, 2.45) is 5.73 Å². The molecule has 5 rings (SSSR count). The second kappa shape index (κ2) is 8.60. The molecular formula is C25H22ClN5. The first-order chi connectivity index (χ1) is 14.7. The van der Waals surface area contributed by atoms with E-state index in [2.05, 4.69) is 52.0 Å². The van der Waals surface area contributed by atoms with Crippen LogP contribution in [0, 0.1) is 0 Å². The Hall–Kier alpha value is -3.67. The van der Waals surface area contributed by atoms with Gasteiger partial charge in [-0.2, -0.15) is 0 Å². The van der Waals surface area contributed by atoms with Gasteiger partial charge in [0.2, 0.25) is 0 Å². The number of imidazole rings is 1. The van der Waals surface area contributed by atoms with E-state index >= 15 is 0 Å². The highest BCUT2D eigenvalue weighted by Gasteiger charge is 2.17. The van der Waals surface area contributed by atoms with E-state index in [4.69, 9.17) is 16.5 Å². The van der Waals surface area contributed by atoms with E-state index in [0.717, 1.165) is 44.8 Å². The Morgan fingerprint density at radius 1 is 0.806 bits per heavy atom. The van der Waals surface area contributed by atoms with Crippen LogP contribution in [-0.2, 0) is 6.54 Å². The van der Waals surface area contributed by atoms with E-state index in [1.807, 2.05) is 42.5 Å². The largest absolute Gasteiger partial charge is 0.383 e. The average Bonchev–Trinajstić information content (AvgIpc) is 3.18. The molecule has 6 heteroatoms. The van der Waals surface area contributed by atoms with Crippen molar-refractivity contribution in [1.82, 2.24) is 14.5 Å². The molecule has 0 amide bonds. The Labute approximate surface area is 186 Å². The number of fused-ring (bicyclic) bond motifs is 1. The van der Waals surface area contributed by atoms with Crippen molar-refractivity contribution in [2.75, 3.05) is 5.73 Å². The first kappa shape index (κ1) is 20.6. The number of nitrogens with two attached hydrogens (primary N) is 2. The van der Waals surface area contributed by atoms with Crippen LogP contribution in [0.3, 0.4) is 0 Å². The van der Waals surface area contributed by atoms with Gasteiger partial charge in [-0.15, -0.1) is 12.4 Å². The molecule has 5 nitrogen and oxygen atoms in total. The molecule has 0 aliphatic rings. The van der Waals surface area contributed by atoms with Crippen molar-refractivity contribution in [3.8, 4) is 28.2 Å². The number of halogens is 1. The summed E-state index contributed by atoms with van der Waals surface area (Å²) in [6.07, 6.45) is 1.69. The molecule has 4 N–H and O–H groups in total. The van der Waals surface area contributed by atoms with Gasteiger partial charge < -0.3 is 11.5 Å². The quantitative estimate of drug-likeness (QED) is 0.412. The molecule has 0 fully saturated rings. The fraction of sp³-hybridized carbons (Fsp3) is 0.0400. The molecule has 0 unspecified atom stereocenters. The molecule has 31 heavy (non-hydrogen) atoms. The molecule has 0 atom stereocenters. The lowest BCUT2D eigenvalue weighted by molar-refractivity contribution is 1.05. The summed E-state index contributed by atoms with van der Waals surface area (Å²) < 4.78 is 2.13. The van der Waals surface area contributed by atoms with E-state index < -0.39 is 0 Å². The Bertz CT molecular complexity index is 1330. The summed E-state index contributed by atoms with van der Waals surface area (Å²) in [5.74, 6) is 1.22. The lowest BCUT2D eigenvalue weighted by Gasteiger charge is -2.12. The van der Waals surface area contributed by atoms with Crippen molar-refractivity contribution in [3.63, 3.8) is 0 Å². The monoisotopic (exact) mass is 427 g/mol. The number of pyridine rings is 1. The average molecular weight is 428 g/mol. The van der Waals surface area contributed by atoms with Gasteiger partial charge >= 0.3 is 0 Å². The minimum absolute atomic E-state index is 0. The van der Waals surface area contributed by atoms with Crippen LogP contribution >= 0.6 is 12.4 Å². The van der Waals surface area contributed by atoms with Gasteiger partial charge in [0.05, 0.1) is 16.6 Å². The summed E-state index contributed by atoms with van der Waals surface area (Å²) in [6.45, 7) is 0.505. The van der Waals surface area contributed by atoms with Crippen molar-refractivity contribution >= 4 is 29.3 Å². The smallest absolute Gasteiger partial charge is 0.149 e. The molecule has 0 spiro atoms. The first-order valence-corrected chi connectivity index (χ1v) is 9.83. The zero-order valence-electron chi connectivity index (χ0n) is 16.8. The molecule has 5 aromatic rings. The molecule has 0 saturated heterocycles. The summed E-state index contributed by atoms with van der Waals surface area (Å²) in [5.41, 5.74) is 19.1. The van der Waals surface area contributed by atoms with Crippen LogP contribution in [0.4, 0.5) is 5.82 Å². The van der Waals surface area contributed by atoms with E-state index in [1.54, 1.807) is 6.20 Å². The van der Waals surface area contributed by atoms with Gasteiger partial charge in [0, 0.05) is 18.4 Å². The van der Waals surface area contributed by atoms with E-state index in [-0.39, 0.29) is 12.4 Å². The lowest BCUT2D eigenvalue weighted by Crippen LogP contribution is -2.02. The molecule has 0 aliphatic heterocycles. The summed E-state index contributed by atoms with van der Waals surface area (Å²) in [5, 5.41) is 0. The maximum atomic E-state index is 6.21. The summed E-state index contributed by atoms with van der Waals surface area (Å²) in [7, 11) is 0. The van der Waals surface area contributed by atoms with Crippen LogP contribution in [0.15, 0.2) is 91.1 Å². The normalized spacial score (nSPS) is 10.7. The standard InChI is InChI=1S/C25H21N5.ClH/c26-16-17-8-11-20(12-9-17)30-23-15-19(18-5-2-1-3-6-18)10-13-22(23)29-25(30)21-7-4-14-28-24(21)27;/h1-15H,16,26H2,(H2,27,28);1H. The third-order valence-corrected chi connectivity index (χ3v) is 5.27. The Morgan fingerprint density at radius 2 is 1.58 bits per heavy atom. The summed E-state index contributed by atoms with van der Waals surface area (Å²) in [6, 6.07) is 28.7. The van der Waals surface area contributed by atoms with E-state index in [9.17, 15) is 0 Å². The van der Waals surface area contributed by atoms with Gasteiger partial charge in [-0.1, -0.05) is 48.5 Å². The van der Waals surface area contributed by atoms with Gasteiger partial charge in [-0.25, -0.2) is 9.97 Å². The number of anilines is 1. The van der Waals surface area contributed by atoms with Crippen molar-refractivity contribution < 1.29 is 0 Å². The third kappa shape index (κ3) is 3.77. The number of aromatic nitrogens is 3. The second-order valence-corrected chi connectivity index (χ2v) is 7.15. The topological polar surface area (TPSA) is 82.8 Å².